The molecule has 1 aliphatic carbocycles. The molecular formula is C21H29N3O4. The number of carbonyl (C=O) groups is 2. The van der Waals surface area contributed by atoms with Gasteiger partial charge in [0.1, 0.15) is 5.75 Å². The van der Waals surface area contributed by atoms with Gasteiger partial charge in [-0.3, -0.25) is 4.79 Å². The number of amides is 3. The minimum Gasteiger partial charge on any atom is -0.495 e. The van der Waals surface area contributed by atoms with Crippen molar-refractivity contribution in [3.63, 3.8) is 0 Å². The Morgan fingerprint density at radius 2 is 2.07 bits per heavy atom. The zero-order valence-electron chi connectivity index (χ0n) is 16.5. The van der Waals surface area contributed by atoms with Crippen LogP contribution < -0.4 is 15.0 Å². The number of rotatable bonds is 4. The molecule has 2 heterocycles. The fourth-order valence-electron chi connectivity index (χ4n) is 4.30. The highest BCUT2D eigenvalue weighted by Gasteiger charge is 2.32. The van der Waals surface area contributed by atoms with Gasteiger partial charge in [0.05, 0.1) is 26.0 Å². The Morgan fingerprint density at radius 3 is 2.75 bits per heavy atom. The van der Waals surface area contributed by atoms with E-state index in [1.165, 1.54) is 19.3 Å². The maximum atomic E-state index is 12.9. The summed E-state index contributed by atoms with van der Waals surface area (Å²) in [5, 5.41) is 3.00. The van der Waals surface area contributed by atoms with Gasteiger partial charge in [0.25, 0.3) is 0 Å². The molecule has 3 aliphatic rings. The van der Waals surface area contributed by atoms with Gasteiger partial charge in [0, 0.05) is 37.7 Å². The van der Waals surface area contributed by atoms with Crippen LogP contribution in [0.2, 0.25) is 0 Å². The molecule has 1 unspecified atom stereocenters. The first-order valence-electron chi connectivity index (χ1n) is 10.3. The van der Waals surface area contributed by atoms with Crippen LogP contribution in [0.5, 0.6) is 5.75 Å². The van der Waals surface area contributed by atoms with Crippen LogP contribution in [-0.4, -0.2) is 56.8 Å². The molecule has 152 valence electrons. The van der Waals surface area contributed by atoms with Gasteiger partial charge in [-0.15, -0.1) is 0 Å². The molecule has 4 rings (SSSR count). The van der Waals surface area contributed by atoms with Gasteiger partial charge in [-0.2, -0.15) is 0 Å². The van der Waals surface area contributed by atoms with E-state index in [1.807, 2.05) is 17.0 Å². The molecule has 0 spiro atoms. The number of urea groups is 1. The summed E-state index contributed by atoms with van der Waals surface area (Å²) in [6, 6.07) is 5.34. The van der Waals surface area contributed by atoms with Crippen molar-refractivity contribution in [2.24, 2.45) is 11.8 Å². The Balaban J connectivity index is 1.46. The fraction of sp³-hybridized carbons (Fsp3) is 0.619. The van der Waals surface area contributed by atoms with Crippen LogP contribution in [0, 0.1) is 11.8 Å². The molecule has 0 bridgehead atoms. The molecule has 7 nitrogen and oxygen atoms in total. The molecule has 3 fully saturated rings. The lowest BCUT2D eigenvalue weighted by molar-refractivity contribution is -0.117. The molecule has 1 aromatic rings. The summed E-state index contributed by atoms with van der Waals surface area (Å²) in [4.78, 5) is 28.6. The largest absolute Gasteiger partial charge is 0.495 e. The van der Waals surface area contributed by atoms with Crippen LogP contribution in [0.25, 0.3) is 0 Å². The smallest absolute Gasteiger partial charge is 0.321 e. The van der Waals surface area contributed by atoms with Crippen LogP contribution in [-0.2, 0) is 9.53 Å². The summed E-state index contributed by atoms with van der Waals surface area (Å²) in [6.07, 6.45) is 5.17. The quantitative estimate of drug-likeness (QED) is 0.862. The Hall–Kier alpha value is -2.28. The lowest BCUT2D eigenvalue weighted by Gasteiger charge is -2.34. The van der Waals surface area contributed by atoms with E-state index in [4.69, 9.17) is 9.47 Å². The van der Waals surface area contributed by atoms with Crippen LogP contribution in [0.4, 0.5) is 16.2 Å². The molecule has 7 heteroatoms. The fourth-order valence-corrected chi connectivity index (χ4v) is 4.30. The first kappa shape index (κ1) is 19.1. The molecule has 2 aliphatic heterocycles. The average Bonchev–Trinajstić information content (AvgIpc) is 2.93. The average molecular weight is 387 g/mol. The molecule has 0 radical (unpaired) electrons. The topological polar surface area (TPSA) is 71.1 Å². The minimum atomic E-state index is -0.112. The zero-order chi connectivity index (χ0) is 19.5. The van der Waals surface area contributed by atoms with Gasteiger partial charge < -0.3 is 24.6 Å². The summed E-state index contributed by atoms with van der Waals surface area (Å²) in [5.41, 5.74) is 1.39. The summed E-state index contributed by atoms with van der Waals surface area (Å²) in [5.74, 6) is 1.84. The summed E-state index contributed by atoms with van der Waals surface area (Å²) >= 11 is 0. The molecule has 0 aromatic heterocycles. The highest BCUT2D eigenvalue weighted by Crippen LogP contribution is 2.36. The second kappa shape index (κ2) is 8.39. The Morgan fingerprint density at radius 1 is 1.21 bits per heavy atom. The number of nitrogens with zero attached hydrogens (tertiary/aromatic N) is 2. The van der Waals surface area contributed by atoms with E-state index >= 15 is 0 Å². The van der Waals surface area contributed by atoms with Gasteiger partial charge >= 0.3 is 6.03 Å². The number of methoxy groups -OCH3 is 1. The van der Waals surface area contributed by atoms with E-state index < -0.39 is 0 Å². The first-order chi connectivity index (χ1) is 13.7. The van der Waals surface area contributed by atoms with E-state index in [2.05, 4.69) is 5.32 Å². The monoisotopic (exact) mass is 387 g/mol. The van der Waals surface area contributed by atoms with E-state index in [9.17, 15) is 9.59 Å². The summed E-state index contributed by atoms with van der Waals surface area (Å²) < 4.78 is 11.2. The van der Waals surface area contributed by atoms with E-state index in [1.54, 1.807) is 18.1 Å². The van der Waals surface area contributed by atoms with Crippen LogP contribution >= 0.6 is 0 Å². The number of nitrogens with one attached hydrogen (secondary N) is 1. The highest BCUT2D eigenvalue weighted by atomic mass is 16.5. The van der Waals surface area contributed by atoms with E-state index in [0.717, 1.165) is 19.6 Å². The van der Waals surface area contributed by atoms with Crippen molar-refractivity contribution in [3.8, 4) is 5.75 Å². The highest BCUT2D eigenvalue weighted by molar-refractivity contribution is 5.98. The van der Waals surface area contributed by atoms with Crippen molar-refractivity contribution in [2.45, 2.75) is 32.1 Å². The van der Waals surface area contributed by atoms with Crippen molar-refractivity contribution in [3.05, 3.63) is 18.2 Å². The van der Waals surface area contributed by atoms with Crippen LogP contribution in [0.3, 0.4) is 0 Å². The van der Waals surface area contributed by atoms with Crippen LogP contribution in [0.15, 0.2) is 18.2 Å². The Bertz CT molecular complexity index is 734. The Labute approximate surface area is 166 Å². The van der Waals surface area contributed by atoms with Gasteiger partial charge in [0.15, 0.2) is 0 Å². The molecule has 1 atom stereocenters. The number of hydrogen-bond donors (Lipinski definition) is 1. The maximum absolute atomic E-state index is 12.9. The first-order valence-corrected chi connectivity index (χ1v) is 10.3. The molecule has 28 heavy (non-hydrogen) atoms. The van der Waals surface area contributed by atoms with Crippen molar-refractivity contribution < 1.29 is 19.1 Å². The van der Waals surface area contributed by atoms with Crippen molar-refractivity contribution in [1.82, 2.24) is 4.90 Å². The third-order valence-electron chi connectivity index (χ3n) is 6.19. The molecular weight excluding hydrogens is 358 g/mol. The van der Waals surface area contributed by atoms with Gasteiger partial charge in [-0.05, 0) is 30.5 Å². The zero-order valence-corrected chi connectivity index (χ0v) is 16.5. The number of ether oxygens (including phenoxy) is 2. The number of carbonyl (C=O) groups excluding carboxylic acids is 2. The van der Waals surface area contributed by atoms with Crippen molar-refractivity contribution in [2.75, 3.05) is 50.2 Å². The van der Waals surface area contributed by atoms with Crippen LogP contribution in [0.1, 0.15) is 32.1 Å². The summed E-state index contributed by atoms with van der Waals surface area (Å²) in [7, 11) is 1.59. The summed E-state index contributed by atoms with van der Waals surface area (Å²) in [6.45, 7) is 3.34. The second-order valence-electron chi connectivity index (χ2n) is 7.94. The van der Waals surface area contributed by atoms with Crippen molar-refractivity contribution in [1.29, 1.82) is 0 Å². The molecule has 1 saturated carbocycles. The molecule has 1 N–H and O–H groups in total. The predicted octanol–water partition coefficient (Wildman–Crippen LogP) is 3.10. The SMILES string of the molecule is COc1ccc(NC(=O)N2CCOCC(C3CCC3)C2)cc1N1CCCC1=O. The van der Waals surface area contributed by atoms with Gasteiger partial charge in [0.2, 0.25) is 5.91 Å². The lowest BCUT2D eigenvalue weighted by atomic mass is 9.76. The van der Waals surface area contributed by atoms with E-state index in [0.29, 0.717) is 55.1 Å². The molecule has 2 saturated heterocycles. The second-order valence-corrected chi connectivity index (χ2v) is 7.94. The Kier molecular flexibility index (Phi) is 5.71. The number of anilines is 2. The number of hydrogen-bond acceptors (Lipinski definition) is 4. The number of benzene rings is 1. The standard InChI is InChI=1S/C21H29N3O4/c1-27-19-8-7-17(12-18(19)24-9-3-6-20(24)25)22-21(26)23-10-11-28-14-16(13-23)15-4-2-5-15/h7-8,12,15-16H,2-6,9-11,13-14H2,1H3,(H,22,26). The van der Waals surface area contributed by atoms with Crippen molar-refractivity contribution >= 4 is 23.3 Å². The third kappa shape index (κ3) is 3.94. The van der Waals surface area contributed by atoms with Gasteiger partial charge in [-0.1, -0.05) is 19.3 Å². The normalized spacial score (nSPS) is 23.3. The third-order valence-corrected chi connectivity index (χ3v) is 6.19. The lowest BCUT2D eigenvalue weighted by Crippen LogP contribution is -2.41. The predicted molar refractivity (Wildman–Crippen MR) is 107 cm³/mol. The van der Waals surface area contributed by atoms with Gasteiger partial charge in [-0.25, -0.2) is 4.79 Å². The molecule has 3 amide bonds. The maximum Gasteiger partial charge on any atom is 0.321 e. The van der Waals surface area contributed by atoms with E-state index in [-0.39, 0.29) is 11.9 Å². The molecule has 1 aromatic carbocycles. The minimum absolute atomic E-state index is 0.0924.